The lowest BCUT2D eigenvalue weighted by Crippen LogP contribution is -2.28. The Labute approximate surface area is 198 Å². The summed E-state index contributed by atoms with van der Waals surface area (Å²) in [6.07, 6.45) is 1.68. The van der Waals surface area contributed by atoms with Gasteiger partial charge >= 0.3 is 6.01 Å². The van der Waals surface area contributed by atoms with Gasteiger partial charge in [0, 0.05) is 34.9 Å². The van der Waals surface area contributed by atoms with Gasteiger partial charge in [0.25, 0.3) is 5.91 Å². The third-order valence-corrected chi connectivity index (χ3v) is 7.62. The number of sulfonamides is 1. The zero-order valence-corrected chi connectivity index (χ0v) is 20.7. The molecule has 2 aromatic carbocycles. The van der Waals surface area contributed by atoms with Crippen molar-refractivity contribution in [3.05, 3.63) is 54.1 Å². The fraction of sp³-hybridized carbons (Fsp3) is 0.348. The quantitative estimate of drug-likeness (QED) is 0.404. The Kier molecular flexibility index (Phi) is 8.28. The number of anilines is 1. The van der Waals surface area contributed by atoms with Gasteiger partial charge in [0.05, 0.1) is 4.90 Å². The molecule has 0 atom stereocenters. The van der Waals surface area contributed by atoms with Gasteiger partial charge in [-0.25, -0.2) is 12.7 Å². The van der Waals surface area contributed by atoms with E-state index in [2.05, 4.69) is 29.4 Å². The van der Waals surface area contributed by atoms with Gasteiger partial charge in [0.15, 0.2) is 0 Å². The van der Waals surface area contributed by atoms with Crippen LogP contribution in [-0.4, -0.2) is 47.7 Å². The average molecular weight is 489 g/mol. The van der Waals surface area contributed by atoms with E-state index in [1.54, 1.807) is 18.8 Å². The summed E-state index contributed by atoms with van der Waals surface area (Å²) in [6.45, 7) is 6.68. The van der Waals surface area contributed by atoms with E-state index in [1.807, 2.05) is 31.2 Å². The van der Waals surface area contributed by atoms with Gasteiger partial charge in [0.2, 0.25) is 15.9 Å². The number of benzene rings is 2. The molecule has 0 fully saturated rings. The van der Waals surface area contributed by atoms with Gasteiger partial charge < -0.3 is 4.42 Å². The first-order valence-corrected chi connectivity index (χ1v) is 13.0. The third-order valence-electron chi connectivity index (χ3n) is 4.75. The first-order chi connectivity index (χ1) is 15.7. The Morgan fingerprint density at radius 1 is 1.15 bits per heavy atom. The molecule has 0 saturated carbocycles. The topological polar surface area (TPSA) is 105 Å². The molecule has 176 valence electrons. The van der Waals surface area contributed by atoms with Crippen molar-refractivity contribution >= 4 is 33.7 Å². The van der Waals surface area contributed by atoms with Crippen molar-refractivity contribution in [2.75, 3.05) is 18.9 Å². The molecule has 0 unspecified atom stereocenters. The van der Waals surface area contributed by atoms with E-state index in [1.165, 1.54) is 28.6 Å². The number of carbonyl (C=O) groups is 1. The maximum Gasteiger partial charge on any atom is 0.322 e. The predicted octanol–water partition coefficient (Wildman–Crippen LogP) is 4.91. The number of amides is 1. The fourth-order valence-electron chi connectivity index (χ4n) is 2.99. The first-order valence-electron chi connectivity index (χ1n) is 10.7. The maximum absolute atomic E-state index is 12.6. The minimum Gasteiger partial charge on any atom is -0.403 e. The smallest absolute Gasteiger partial charge is 0.322 e. The van der Waals surface area contributed by atoms with Crippen molar-refractivity contribution in [1.82, 2.24) is 14.5 Å². The van der Waals surface area contributed by atoms with Crippen molar-refractivity contribution in [1.29, 1.82) is 0 Å². The highest BCUT2D eigenvalue weighted by atomic mass is 32.2. The second-order valence-corrected chi connectivity index (χ2v) is 11.5. The minimum absolute atomic E-state index is 0.0343. The number of hydrogen-bond donors (Lipinski definition) is 1. The molecular weight excluding hydrogens is 460 g/mol. The van der Waals surface area contributed by atoms with Crippen LogP contribution in [0.2, 0.25) is 0 Å². The SMILES string of the molecule is CCCCN(C)S(=O)(=O)c1ccc(C(=O)Nc2nnc(-c3cccc(SC(C)C)c3)o2)cc1. The van der Waals surface area contributed by atoms with Crippen LogP contribution in [0.25, 0.3) is 11.5 Å². The number of thioether (sulfide) groups is 1. The number of nitrogens with one attached hydrogen (secondary N) is 1. The standard InChI is InChI=1S/C23H28N4O4S2/c1-5-6-14-27(4)33(29,30)20-12-10-17(11-13-20)21(28)24-23-26-25-22(31-23)18-8-7-9-19(15-18)32-16(2)3/h7-13,15-16H,5-6,14H2,1-4H3,(H,24,26,28). The third kappa shape index (κ3) is 6.43. The molecule has 0 radical (unpaired) electrons. The van der Waals surface area contributed by atoms with E-state index in [0.29, 0.717) is 17.7 Å². The summed E-state index contributed by atoms with van der Waals surface area (Å²) in [5, 5.41) is 10.9. The molecule has 3 rings (SSSR count). The first kappa shape index (κ1) is 24.9. The molecular formula is C23H28N4O4S2. The van der Waals surface area contributed by atoms with Crippen molar-refractivity contribution < 1.29 is 17.6 Å². The number of carbonyl (C=O) groups excluding carboxylic acids is 1. The predicted molar refractivity (Wildman–Crippen MR) is 130 cm³/mol. The highest BCUT2D eigenvalue weighted by Crippen LogP contribution is 2.28. The number of nitrogens with zero attached hydrogens (tertiary/aromatic N) is 3. The van der Waals surface area contributed by atoms with Crippen LogP contribution in [0.4, 0.5) is 6.01 Å². The van der Waals surface area contributed by atoms with E-state index in [0.717, 1.165) is 23.3 Å². The Hall–Kier alpha value is -2.69. The second kappa shape index (κ2) is 11.0. The number of aromatic nitrogens is 2. The summed E-state index contributed by atoms with van der Waals surface area (Å²) in [6, 6.07) is 13.5. The van der Waals surface area contributed by atoms with Gasteiger partial charge in [-0.15, -0.1) is 16.9 Å². The average Bonchev–Trinajstić information content (AvgIpc) is 3.25. The van der Waals surface area contributed by atoms with Crippen molar-refractivity contribution in [3.8, 4) is 11.5 Å². The molecule has 8 nitrogen and oxygen atoms in total. The molecule has 1 N–H and O–H groups in total. The van der Waals surface area contributed by atoms with Gasteiger partial charge in [-0.3, -0.25) is 10.1 Å². The van der Waals surface area contributed by atoms with Crippen molar-refractivity contribution in [3.63, 3.8) is 0 Å². The highest BCUT2D eigenvalue weighted by Gasteiger charge is 2.21. The Bertz CT molecular complexity index is 1190. The normalized spacial score (nSPS) is 11.8. The van der Waals surface area contributed by atoms with Gasteiger partial charge in [-0.2, -0.15) is 0 Å². The molecule has 0 spiro atoms. The Balaban J connectivity index is 1.68. The number of rotatable bonds is 10. The van der Waals surface area contributed by atoms with Crippen LogP contribution in [0.5, 0.6) is 0 Å². The lowest BCUT2D eigenvalue weighted by molar-refractivity contribution is 0.102. The molecule has 1 amide bonds. The Morgan fingerprint density at radius 3 is 2.55 bits per heavy atom. The van der Waals surface area contributed by atoms with E-state index in [-0.39, 0.29) is 16.5 Å². The zero-order chi connectivity index (χ0) is 24.0. The van der Waals surface area contributed by atoms with Crippen LogP contribution >= 0.6 is 11.8 Å². The molecule has 3 aromatic rings. The molecule has 0 aliphatic heterocycles. The zero-order valence-electron chi connectivity index (χ0n) is 19.1. The molecule has 0 aliphatic carbocycles. The summed E-state index contributed by atoms with van der Waals surface area (Å²) >= 11 is 1.72. The van der Waals surface area contributed by atoms with Crippen LogP contribution in [0.3, 0.4) is 0 Å². The molecule has 1 aromatic heterocycles. The monoisotopic (exact) mass is 488 g/mol. The Morgan fingerprint density at radius 2 is 1.88 bits per heavy atom. The van der Waals surface area contributed by atoms with Crippen LogP contribution in [-0.2, 0) is 10.0 Å². The van der Waals surface area contributed by atoms with E-state index >= 15 is 0 Å². The molecule has 0 aliphatic rings. The van der Waals surface area contributed by atoms with Crippen LogP contribution in [0.1, 0.15) is 44.0 Å². The highest BCUT2D eigenvalue weighted by molar-refractivity contribution is 7.99. The summed E-state index contributed by atoms with van der Waals surface area (Å²) in [4.78, 5) is 13.8. The van der Waals surface area contributed by atoms with Crippen LogP contribution in [0, 0.1) is 0 Å². The summed E-state index contributed by atoms with van der Waals surface area (Å²) < 4.78 is 32.2. The lowest BCUT2D eigenvalue weighted by atomic mass is 10.2. The maximum atomic E-state index is 12.6. The molecule has 33 heavy (non-hydrogen) atoms. The van der Waals surface area contributed by atoms with Gasteiger partial charge in [0.1, 0.15) is 0 Å². The van der Waals surface area contributed by atoms with Crippen LogP contribution in [0.15, 0.2) is 62.7 Å². The number of unbranched alkanes of at least 4 members (excludes halogenated alkanes) is 1. The number of hydrogen-bond acceptors (Lipinski definition) is 7. The summed E-state index contributed by atoms with van der Waals surface area (Å²) in [7, 11) is -2.04. The summed E-state index contributed by atoms with van der Waals surface area (Å²) in [5.41, 5.74) is 1.04. The van der Waals surface area contributed by atoms with E-state index < -0.39 is 15.9 Å². The molecule has 0 saturated heterocycles. The second-order valence-electron chi connectivity index (χ2n) is 7.77. The summed E-state index contributed by atoms with van der Waals surface area (Å²) in [5.74, 6) is -0.175. The van der Waals surface area contributed by atoms with Gasteiger partial charge in [-0.05, 0) is 48.9 Å². The fourth-order valence-corrected chi connectivity index (χ4v) is 5.10. The molecule has 1 heterocycles. The molecule has 10 heteroatoms. The largest absolute Gasteiger partial charge is 0.403 e. The van der Waals surface area contributed by atoms with Crippen LogP contribution < -0.4 is 5.32 Å². The minimum atomic E-state index is -3.59. The van der Waals surface area contributed by atoms with Crippen molar-refractivity contribution in [2.24, 2.45) is 0 Å². The molecule has 0 bridgehead atoms. The lowest BCUT2D eigenvalue weighted by Gasteiger charge is -2.16. The van der Waals surface area contributed by atoms with E-state index in [9.17, 15) is 13.2 Å². The van der Waals surface area contributed by atoms with E-state index in [4.69, 9.17) is 4.42 Å². The van der Waals surface area contributed by atoms with Gasteiger partial charge in [-0.1, -0.05) is 38.4 Å². The van der Waals surface area contributed by atoms with Crippen molar-refractivity contribution in [2.45, 2.75) is 48.7 Å².